The summed E-state index contributed by atoms with van der Waals surface area (Å²) in [6.45, 7) is 2.07. The summed E-state index contributed by atoms with van der Waals surface area (Å²) in [5.74, 6) is 0. The second-order valence-electron chi connectivity index (χ2n) is 2.34. The molecule has 0 aliphatic rings. The van der Waals surface area contributed by atoms with Crippen LogP contribution in [0.25, 0.3) is 0 Å². The van der Waals surface area contributed by atoms with Crippen LogP contribution in [-0.2, 0) is 0 Å². The van der Waals surface area contributed by atoms with Crippen molar-refractivity contribution in [3.63, 3.8) is 0 Å². The van der Waals surface area contributed by atoms with Gasteiger partial charge in [-0.25, -0.2) is 0 Å². The molecule has 0 spiro atoms. The van der Waals surface area contributed by atoms with Crippen LogP contribution < -0.4 is 0 Å². The van der Waals surface area contributed by atoms with E-state index in [9.17, 15) is 5.11 Å². The highest BCUT2D eigenvalue weighted by Gasteiger charge is 1.95. The predicted molar refractivity (Wildman–Crippen MR) is 46.3 cm³/mol. The SMILES string of the molecule is CC=CC=CC(O)CCCO. The van der Waals surface area contributed by atoms with Crippen molar-refractivity contribution in [3.05, 3.63) is 24.3 Å². The van der Waals surface area contributed by atoms with Gasteiger partial charge >= 0.3 is 0 Å². The van der Waals surface area contributed by atoms with Crippen LogP contribution in [0, 0.1) is 0 Å². The van der Waals surface area contributed by atoms with E-state index in [1.165, 1.54) is 0 Å². The second-order valence-corrected chi connectivity index (χ2v) is 2.34. The highest BCUT2D eigenvalue weighted by molar-refractivity contribution is 5.03. The van der Waals surface area contributed by atoms with E-state index in [2.05, 4.69) is 0 Å². The number of hydrogen-bond donors (Lipinski definition) is 2. The topological polar surface area (TPSA) is 40.5 Å². The zero-order valence-electron chi connectivity index (χ0n) is 6.90. The van der Waals surface area contributed by atoms with Crippen LogP contribution in [0.3, 0.4) is 0 Å². The van der Waals surface area contributed by atoms with Crippen LogP contribution in [0.5, 0.6) is 0 Å². The van der Waals surface area contributed by atoms with Crippen molar-refractivity contribution in [1.82, 2.24) is 0 Å². The van der Waals surface area contributed by atoms with Gasteiger partial charge in [0, 0.05) is 6.61 Å². The van der Waals surface area contributed by atoms with Gasteiger partial charge in [-0.1, -0.05) is 24.3 Å². The summed E-state index contributed by atoms with van der Waals surface area (Å²) >= 11 is 0. The molecule has 11 heavy (non-hydrogen) atoms. The Kier molecular flexibility index (Phi) is 7.10. The van der Waals surface area contributed by atoms with E-state index in [0.29, 0.717) is 12.8 Å². The normalized spacial score (nSPS) is 14.8. The van der Waals surface area contributed by atoms with Crippen molar-refractivity contribution >= 4 is 0 Å². The lowest BCUT2D eigenvalue weighted by atomic mass is 10.2. The Bertz CT molecular complexity index is 128. The molecule has 0 aromatic heterocycles. The molecule has 2 nitrogen and oxygen atoms in total. The highest BCUT2D eigenvalue weighted by atomic mass is 16.3. The van der Waals surface area contributed by atoms with Crippen molar-refractivity contribution in [2.24, 2.45) is 0 Å². The van der Waals surface area contributed by atoms with Crippen LogP contribution in [0.15, 0.2) is 24.3 Å². The van der Waals surface area contributed by atoms with Gasteiger partial charge in [-0.3, -0.25) is 0 Å². The third-order valence-corrected chi connectivity index (χ3v) is 1.29. The van der Waals surface area contributed by atoms with E-state index >= 15 is 0 Å². The molecule has 0 aliphatic carbocycles. The third kappa shape index (κ3) is 7.30. The molecule has 0 aromatic rings. The van der Waals surface area contributed by atoms with Gasteiger partial charge in [-0.2, -0.15) is 0 Å². The first kappa shape index (κ1) is 10.4. The summed E-state index contributed by atoms with van der Waals surface area (Å²) in [5, 5.41) is 17.6. The first-order valence-electron chi connectivity index (χ1n) is 3.89. The van der Waals surface area contributed by atoms with E-state index < -0.39 is 6.10 Å². The Balaban J connectivity index is 3.42. The number of allylic oxidation sites excluding steroid dienone is 3. The fourth-order valence-electron chi connectivity index (χ4n) is 0.700. The summed E-state index contributed by atoms with van der Waals surface area (Å²) in [7, 11) is 0. The van der Waals surface area contributed by atoms with Gasteiger partial charge in [0.25, 0.3) is 0 Å². The maximum absolute atomic E-state index is 9.18. The van der Waals surface area contributed by atoms with E-state index in [1.54, 1.807) is 6.08 Å². The molecule has 64 valence electrons. The molecule has 1 unspecified atom stereocenters. The minimum Gasteiger partial charge on any atom is -0.396 e. The van der Waals surface area contributed by atoms with E-state index in [-0.39, 0.29) is 6.61 Å². The molecule has 0 rings (SSSR count). The van der Waals surface area contributed by atoms with Crippen molar-refractivity contribution < 1.29 is 10.2 Å². The van der Waals surface area contributed by atoms with Crippen LogP contribution in [0.4, 0.5) is 0 Å². The predicted octanol–water partition coefficient (Wildman–Crippen LogP) is 1.25. The van der Waals surface area contributed by atoms with E-state index in [1.807, 2.05) is 25.2 Å². The summed E-state index contributed by atoms with van der Waals surface area (Å²) < 4.78 is 0. The minimum absolute atomic E-state index is 0.147. The molecule has 0 radical (unpaired) electrons. The second kappa shape index (κ2) is 7.51. The summed E-state index contributed by atoms with van der Waals surface area (Å²) in [6.07, 6.45) is 8.15. The minimum atomic E-state index is -0.418. The maximum Gasteiger partial charge on any atom is 0.0724 e. The standard InChI is InChI=1S/C9H16O2/c1-2-3-4-6-9(11)7-5-8-10/h2-4,6,9-11H,5,7-8H2,1H3. The van der Waals surface area contributed by atoms with Gasteiger partial charge in [0.05, 0.1) is 6.10 Å². The molecule has 0 saturated carbocycles. The van der Waals surface area contributed by atoms with Gasteiger partial charge < -0.3 is 10.2 Å². The monoisotopic (exact) mass is 156 g/mol. The zero-order valence-corrected chi connectivity index (χ0v) is 6.90. The van der Waals surface area contributed by atoms with Gasteiger partial charge in [-0.05, 0) is 19.8 Å². The zero-order chi connectivity index (χ0) is 8.53. The molecule has 1 atom stereocenters. The first-order chi connectivity index (χ1) is 5.31. The number of aliphatic hydroxyl groups is 2. The highest BCUT2D eigenvalue weighted by Crippen LogP contribution is 1.97. The van der Waals surface area contributed by atoms with Crippen LogP contribution in [-0.4, -0.2) is 22.9 Å². The van der Waals surface area contributed by atoms with Crippen molar-refractivity contribution in [1.29, 1.82) is 0 Å². The fraction of sp³-hybridized carbons (Fsp3) is 0.556. The van der Waals surface area contributed by atoms with Crippen LogP contribution in [0.2, 0.25) is 0 Å². The third-order valence-electron chi connectivity index (χ3n) is 1.29. The Morgan fingerprint density at radius 1 is 1.36 bits per heavy atom. The Morgan fingerprint density at radius 3 is 2.64 bits per heavy atom. The van der Waals surface area contributed by atoms with Gasteiger partial charge in [0.2, 0.25) is 0 Å². The Morgan fingerprint density at radius 2 is 2.09 bits per heavy atom. The van der Waals surface area contributed by atoms with E-state index in [4.69, 9.17) is 5.11 Å². The largest absolute Gasteiger partial charge is 0.396 e. The summed E-state index contributed by atoms with van der Waals surface area (Å²) in [4.78, 5) is 0. The van der Waals surface area contributed by atoms with Crippen molar-refractivity contribution in [3.8, 4) is 0 Å². The van der Waals surface area contributed by atoms with Crippen LogP contribution >= 0.6 is 0 Å². The lowest BCUT2D eigenvalue weighted by molar-refractivity contribution is 0.190. The number of hydrogen-bond acceptors (Lipinski definition) is 2. The molecule has 0 bridgehead atoms. The smallest absolute Gasteiger partial charge is 0.0724 e. The van der Waals surface area contributed by atoms with Gasteiger partial charge in [-0.15, -0.1) is 0 Å². The fourth-order valence-corrected chi connectivity index (χ4v) is 0.700. The Hall–Kier alpha value is -0.600. The van der Waals surface area contributed by atoms with Crippen LogP contribution in [0.1, 0.15) is 19.8 Å². The molecule has 2 N–H and O–H groups in total. The average molecular weight is 156 g/mol. The molecular weight excluding hydrogens is 140 g/mol. The summed E-state index contributed by atoms with van der Waals surface area (Å²) in [5.41, 5.74) is 0. The van der Waals surface area contributed by atoms with Gasteiger partial charge in [0.15, 0.2) is 0 Å². The molecular formula is C9H16O2. The Labute approximate surface area is 67.9 Å². The van der Waals surface area contributed by atoms with Crippen molar-refractivity contribution in [2.75, 3.05) is 6.61 Å². The quantitative estimate of drug-likeness (QED) is 0.588. The maximum atomic E-state index is 9.18. The molecule has 2 heteroatoms. The van der Waals surface area contributed by atoms with Gasteiger partial charge in [0.1, 0.15) is 0 Å². The molecule has 0 saturated heterocycles. The average Bonchev–Trinajstić information content (AvgIpc) is 2.01. The lowest BCUT2D eigenvalue weighted by Crippen LogP contribution is -2.02. The van der Waals surface area contributed by atoms with E-state index in [0.717, 1.165) is 0 Å². The molecule has 0 aromatic carbocycles. The molecule has 0 heterocycles. The first-order valence-corrected chi connectivity index (χ1v) is 3.89. The van der Waals surface area contributed by atoms with Crippen molar-refractivity contribution in [2.45, 2.75) is 25.9 Å². The molecule has 0 aliphatic heterocycles. The molecule has 0 amide bonds. The number of aliphatic hydroxyl groups excluding tert-OH is 2. The number of rotatable bonds is 5. The summed E-state index contributed by atoms with van der Waals surface area (Å²) in [6, 6.07) is 0. The lowest BCUT2D eigenvalue weighted by Gasteiger charge is -2.01. The molecule has 0 fully saturated rings.